The van der Waals surface area contributed by atoms with Crippen molar-refractivity contribution in [3.05, 3.63) is 23.8 Å². The Morgan fingerprint density at radius 1 is 1.15 bits per heavy atom. The Hall–Kier alpha value is -1.26. The third-order valence-electron chi connectivity index (χ3n) is 3.35. The van der Waals surface area contributed by atoms with Crippen molar-refractivity contribution in [2.45, 2.75) is 26.3 Å². The molecule has 0 heterocycles. The van der Waals surface area contributed by atoms with E-state index in [9.17, 15) is 0 Å². The first-order valence-corrected chi connectivity index (χ1v) is 7.10. The van der Waals surface area contributed by atoms with Gasteiger partial charge in [-0.05, 0) is 37.1 Å². The number of hydrogen-bond donors (Lipinski definition) is 1. The number of benzene rings is 1. The van der Waals surface area contributed by atoms with Crippen LogP contribution in [0.3, 0.4) is 0 Å². The van der Waals surface area contributed by atoms with Crippen molar-refractivity contribution in [2.24, 2.45) is 5.92 Å². The van der Waals surface area contributed by atoms with E-state index in [2.05, 4.69) is 19.2 Å². The SMILES string of the molecule is CCNC(CC(C)COC)c1cc(OC)ccc1OC. The molecule has 1 rings (SSSR count). The lowest BCUT2D eigenvalue weighted by atomic mass is 9.95. The molecule has 4 nitrogen and oxygen atoms in total. The standard InChI is InChI=1S/C16H27NO3/c1-6-17-15(9-12(2)11-18-3)14-10-13(19-4)7-8-16(14)20-5/h7-8,10,12,15,17H,6,9,11H2,1-5H3. The van der Waals surface area contributed by atoms with E-state index >= 15 is 0 Å². The average Bonchev–Trinajstić information content (AvgIpc) is 2.46. The number of methoxy groups -OCH3 is 3. The average molecular weight is 281 g/mol. The summed E-state index contributed by atoms with van der Waals surface area (Å²) in [6.45, 7) is 5.97. The van der Waals surface area contributed by atoms with E-state index in [1.54, 1.807) is 21.3 Å². The number of nitrogens with one attached hydrogen (secondary N) is 1. The Morgan fingerprint density at radius 3 is 2.45 bits per heavy atom. The molecule has 2 atom stereocenters. The molecule has 0 fully saturated rings. The highest BCUT2D eigenvalue weighted by atomic mass is 16.5. The van der Waals surface area contributed by atoms with Gasteiger partial charge in [0, 0.05) is 25.3 Å². The van der Waals surface area contributed by atoms with E-state index in [0.29, 0.717) is 5.92 Å². The zero-order valence-corrected chi connectivity index (χ0v) is 13.2. The van der Waals surface area contributed by atoms with Crippen LogP contribution in [-0.2, 0) is 4.74 Å². The summed E-state index contributed by atoms with van der Waals surface area (Å²) in [5, 5.41) is 3.52. The maximum atomic E-state index is 5.49. The van der Waals surface area contributed by atoms with Crippen LogP contribution in [0.1, 0.15) is 31.9 Å². The van der Waals surface area contributed by atoms with Crippen molar-refractivity contribution < 1.29 is 14.2 Å². The highest BCUT2D eigenvalue weighted by Gasteiger charge is 2.19. The summed E-state index contributed by atoms with van der Waals surface area (Å²) in [6, 6.07) is 6.16. The first-order chi connectivity index (χ1) is 9.65. The van der Waals surface area contributed by atoms with E-state index in [1.807, 2.05) is 18.2 Å². The van der Waals surface area contributed by atoms with Crippen LogP contribution in [0.5, 0.6) is 11.5 Å². The Balaban J connectivity index is 2.99. The van der Waals surface area contributed by atoms with E-state index in [1.165, 1.54) is 0 Å². The zero-order chi connectivity index (χ0) is 15.0. The third-order valence-corrected chi connectivity index (χ3v) is 3.35. The van der Waals surface area contributed by atoms with Gasteiger partial charge in [-0.25, -0.2) is 0 Å². The molecule has 2 unspecified atom stereocenters. The largest absolute Gasteiger partial charge is 0.497 e. The minimum Gasteiger partial charge on any atom is -0.497 e. The van der Waals surface area contributed by atoms with Crippen molar-refractivity contribution in [1.82, 2.24) is 5.32 Å². The molecule has 1 aromatic carbocycles. The van der Waals surface area contributed by atoms with Gasteiger partial charge in [0.05, 0.1) is 14.2 Å². The Morgan fingerprint density at radius 2 is 1.90 bits per heavy atom. The Labute approximate surface area is 122 Å². The molecule has 0 aromatic heterocycles. The van der Waals surface area contributed by atoms with Crippen LogP contribution in [0.25, 0.3) is 0 Å². The van der Waals surface area contributed by atoms with Crippen LogP contribution in [0.15, 0.2) is 18.2 Å². The Kier molecular flexibility index (Phi) is 7.41. The molecule has 1 N–H and O–H groups in total. The van der Waals surface area contributed by atoms with Gasteiger partial charge in [0.25, 0.3) is 0 Å². The molecule has 4 heteroatoms. The van der Waals surface area contributed by atoms with Crippen LogP contribution in [0.2, 0.25) is 0 Å². The normalized spacial score (nSPS) is 13.8. The maximum absolute atomic E-state index is 5.49. The summed E-state index contributed by atoms with van der Waals surface area (Å²) in [5.74, 6) is 2.21. The van der Waals surface area contributed by atoms with Gasteiger partial charge in [0.1, 0.15) is 11.5 Å². The van der Waals surface area contributed by atoms with E-state index in [-0.39, 0.29) is 6.04 Å². The fourth-order valence-electron chi connectivity index (χ4n) is 2.43. The van der Waals surface area contributed by atoms with Gasteiger partial charge in [-0.15, -0.1) is 0 Å². The lowest BCUT2D eigenvalue weighted by molar-refractivity contribution is 0.149. The minimum atomic E-state index is 0.232. The molecule has 0 bridgehead atoms. The van der Waals surface area contributed by atoms with Crippen molar-refractivity contribution in [3.63, 3.8) is 0 Å². The molecule has 0 saturated carbocycles. The van der Waals surface area contributed by atoms with Gasteiger partial charge in [-0.2, -0.15) is 0 Å². The lowest BCUT2D eigenvalue weighted by Gasteiger charge is -2.24. The van der Waals surface area contributed by atoms with Gasteiger partial charge in [0.15, 0.2) is 0 Å². The van der Waals surface area contributed by atoms with Crippen LogP contribution < -0.4 is 14.8 Å². The second-order valence-corrected chi connectivity index (χ2v) is 5.01. The monoisotopic (exact) mass is 281 g/mol. The Bertz CT molecular complexity index is 395. The fourth-order valence-corrected chi connectivity index (χ4v) is 2.43. The molecule has 0 saturated heterocycles. The van der Waals surface area contributed by atoms with Crippen molar-refractivity contribution in [1.29, 1.82) is 0 Å². The van der Waals surface area contributed by atoms with E-state index < -0.39 is 0 Å². The summed E-state index contributed by atoms with van der Waals surface area (Å²) in [4.78, 5) is 0. The van der Waals surface area contributed by atoms with Crippen LogP contribution in [0.4, 0.5) is 0 Å². The first kappa shape index (κ1) is 16.8. The number of ether oxygens (including phenoxy) is 3. The first-order valence-electron chi connectivity index (χ1n) is 7.10. The summed E-state index contributed by atoms with van der Waals surface area (Å²) in [6.07, 6.45) is 0.991. The molecule has 0 aliphatic rings. The topological polar surface area (TPSA) is 39.7 Å². The van der Waals surface area contributed by atoms with Gasteiger partial charge >= 0.3 is 0 Å². The summed E-state index contributed by atoms with van der Waals surface area (Å²) < 4.78 is 16.1. The molecule has 0 spiro atoms. The van der Waals surface area contributed by atoms with Gasteiger partial charge < -0.3 is 19.5 Å². The zero-order valence-electron chi connectivity index (χ0n) is 13.2. The second-order valence-electron chi connectivity index (χ2n) is 5.01. The van der Waals surface area contributed by atoms with Crippen molar-refractivity contribution in [3.8, 4) is 11.5 Å². The minimum absolute atomic E-state index is 0.232. The van der Waals surface area contributed by atoms with Gasteiger partial charge in [0.2, 0.25) is 0 Å². The smallest absolute Gasteiger partial charge is 0.123 e. The molecule has 1 aromatic rings. The van der Waals surface area contributed by atoms with Gasteiger partial charge in [-0.1, -0.05) is 13.8 Å². The molecule has 0 radical (unpaired) electrons. The molecular weight excluding hydrogens is 254 g/mol. The number of hydrogen-bond acceptors (Lipinski definition) is 4. The lowest BCUT2D eigenvalue weighted by Crippen LogP contribution is -2.24. The molecule has 0 amide bonds. The summed E-state index contributed by atoms with van der Waals surface area (Å²) in [5.41, 5.74) is 1.14. The maximum Gasteiger partial charge on any atom is 0.123 e. The van der Waals surface area contributed by atoms with Crippen LogP contribution >= 0.6 is 0 Å². The number of rotatable bonds is 9. The predicted molar refractivity (Wildman–Crippen MR) is 81.6 cm³/mol. The quantitative estimate of drug-likeness (QED) is 0.755. The summed E-state index contributed by atoms with van der Waals surface area (Å²) in [7, 11) is 5.12. The summed E-state index contributed by atoms with van der Waals surface area (Å²) >= 11 is 0. The van der Waals surface area contributed by atoms with Crippen LogP contribution in [0, 0.1) is 5.92 Å². The highest BCUT2D eigenvalue weighted by molar-refractivity contribution is 5.42. The van der Waals surface area contributed by atoms with Crippen molar-refractivity contribution in [2.75, 3.05) is 34.5 Å². The molecular formula is C16H27NO3. The van der Waals surface area contributed by atoms with Crippen molar-refractivity contribution >= 4 is 0 Å². The molecule has 0 aliphatic heterocycles. The van der Waals surface area contributed by atoms with E-state index in [4.69, 9.17) is 14.2 Å². The van der Waals surface area contributed by atoms with Gasteiger partial charge in [-0.3, -0.25) is 0 Å². The molecule has 0 aliphatic carbocycles. The van der Waals surface area contributed by atoms with Crippen LogP contribution in [-0.4, -0.2) is 34.5 Å². The second kappa shape index (κ2) is 8.82. The molecule has 114 valence electrons. The highest BCUT2D eigenvalue weighted by Crippen LogP contribution is 2.32. The fraction of sp³-hybridized carbons (Fsp3) is 0.625. The van der Waals surface area contributed by atoms with E-state index in [0.717, 1.165) is 36.6 Å². The molecule has 20 heavy (non-hydrogen) atoms. The predicted octanol–water partition coefficient (Wildman–Crippen LogP) is 3.03. The third kappa shape index (κ3) is 4.69.